The van der Waals surface area contributed by atoms with Crippen LogP contribution in [0.5, 0.6) is 0 Å². The van der Waals surface area contributed by atoms with Crippen molar-refractivity contribution in [1.82, 2.24) is 9.88 Å². The molecule has 18 heavy (non-hydrogen) atoms. The van der Waals surface area contributed by atoms with Gasteiger partial charge in [0, 0.05) is 17.2 Å². The van der Waals surface area contributed by atoms with E-state index < -0.39 is 0 Å². The van der Waals surface area contributed by atoms with Gasteiger partial charge < -0.3 is 10.0 Å². The second kappa shape index (κ2) is 6.13. The third-order valence-corrected chi connectivity index (χ3v) is 4.99. The number of nitrogens with zero attached hydrogens (tertiary/aromatic N) is 2. The van der Waals surface area contributed by atoms with Crippen LogP contribution in [0.3, 0.4) is 0 Å². The molecule has 4 heteroatoms. The predicted molar refractivity (Wildman–Crippen MR) is 76.3 cm³/mol. The standard InChI is InChI=1S/C14H24N2OS/c1-10(2)12(8-17)14-15-13(9-18-14)11-4-6-16(3)7-5-11/h9-12,17H,4-8H2,1-3H3. The molecule has 0 amide bonds. The second-order valence-corrected chi connectivity index (χ2v) is 6.61. The van der Waals surface area contributed by atoms with Crippen LogP contribution in [0.1, 0.15) is 49.2 Å². The zero-order valence-corrected chi connectivity index (χ0v) is 12.4. The summed E-state index contributed by atoms with van der Waals surface area (Å²) < 4.78 is 0. The molecule has 1 aromatic rings. The van der Waals surface area contributed by atoms with Crippen molar-refractivity contribution >= 4 is 11.3 Å². The molecular weight excluding hydrogens is 244 g/mol. The van der Waals surface area contributed by atoms with E-state index in [1.165, 1.54) is 31.6 Å². The molecule has 2 heterocycles. The molecule has 1 aromatic heterocycles. The van der Waals surface area contributed by atoms with E-state index in [9.17, 15) is 5.11 Å². The highest BCUT2D eigenvalue weighted by atomic mass is 32.1. The monoisotopic (exact) mass is 268 g/mol. The number of hydrogen-bond acceptors (Lipinski definition) is 4. The SMILES string of the molecule is CC(C)C(CO)c1nc(C2CCN(C)CC2)cs1. The number of thiazole rings is 1. The first-order chi connectivity index (χ1) is 8.61. The molecule has 0 aliphatic carbocycles. The van der Waals surface area contributed by atoms with Gasteiger partial charge in [-0.25, -0.2) is 4.98 Å². The Labute approximate surface area is 114 Å². The van der Waals surface area contributed by atoms with Gasteiger partial charge in [-0.1, -0.05) is 13.8 Å². The molecule has 2 rings (SSSR count). The van der Waals surface area contributed by atoms with Crippen molar-refractivity contribution in [3.63, 3.8) is 0 Å². The largest absolute Gasteiger partial charge is 0.396 e. The average molecular weight is 268 g/mol. The molecular formula is C14H24N2OS. The van der Waals surface area contributed by atoms with Crippen LogP contribution in [-0.4, -0.2) is 41.7 Å². The molecule has 0 spiro atoms. The summed E-state index contributed by atoms with van der Waals surface area (Å²) in [7, 11) is 2.18. The van der Waals surface area contributed by atoms with Crippen LogP contribution in [0.15, 0.2) is 5.38 Å². The van der Waals surface area contributed by atoms with Crippen LogP contribution in [-0.2, 0) is 0 Å². The Bertz CT molecular complexity index is 370. The summed E-state index contributed by atoms with van der Waals surface area (Å²) >= 11 is 1.72. The number of aromatic nitrogens is 1. The molecule has 1 aliphatic heterocycles. The summed E-state index contributed by atoms with van der Waals surface area (Å²) in [6.07, 6.45) is 2.43. The number of rotatable bonds is 4. The minimum atomic E-state index is 0.204. The van der Waals surface area contributed by atoms with E-state index in [0.29, 0.717) is 11.8 Å². The molecule has 0 radical (unpaired) electrons. The van der Waals surface area contributed by atoms with Crippen LogP contribution in [0.2, 0.25) is 0 Å². The Balaban J connectivity index is 2.05. The Morgan fingerprint density at radius 3 is 2.67 bits per heavy atom. The molecule has 1 saturated heterocycles. The van der Waals surface area contributed by atoms with E-state index in [1.54, 1.807) is 11.3 Å². The fourth-order valence-electron chi connectivity index (χ4n) is 2.54. The molecule has 1 aliphatic rings. The molecule has 1 N–H and O–H groups in total. The predicted octanol–water partition coefficient (Wildman–Crippen LogP) is 2.68. The maximum absolute atomic E-state index is 9.46. The van der Waals surface area contributed by atoms with E-state index in [0.717, 1.165) is 5.01 Å². The van der Waals surface area contributed by atoms with Gasteiger partial charge in [-0.3, -0.25) is 0 Å². The number of aliphatic hydroxyl groups is 1. The van der Waals surface area contributed by atoms with E-state index in [2.05, 4.69) is 31.2 Å². The van der Waals surface area contributed by atoms with Gasteiger partial charge in [0.1, 0.15) is 0 Å². The minimum absolute atomic E-state index is 0.204. The van der Waals surface area contributed by atoms with Crippen LogP contribution in [0.4, 0.5) is 0 Å². The molecule has 102 valence electrons. The van der Waals surface area contributed by atoms with E-state index in [-0.39, 0.29) is 12.5 Å². The van der Waals surface area contributed by atoms with Gasteiger partial charge in [0.05, 0.1) is 17.3 Å². The van der Waals surface area contributed by atoms with Gasteiger partial charge in [-0.15, -0.1) is 11.3 Å². The van der Waals surface area contributed by atoms with E-state index in [1.807, 2.05) is 0 Å². The highest BCUT2D eigenvalue weighted by Crippen LogP contribution is 2.32. The lowest BCUT2D eigenvalue weighted by atomic mass is 9.94. The fourth-order valence-corrected chi connectivity index (χ4v) is 3.70. The van der Waals surface area contributed by atoms with Gasteiger partial charge in [0.15, 0.2) is 0 Å². The summed E-state index contributed by atoms with van der Waals surface area (Å²) in [4.78, 5) is 7.17. The number of hydrogen-bond donors (Lipinski definition) is 1. The van der Waals surface area contributed by atoms with Crippen LogP contribution in [0.25, 0.3) is 0 Å². The van der Waals surface area contributed by atoms with Crippen molar-refractivity contribution in [1.29, 1.82) is 0 Å². The first-order valence-electron chi connectivity index (χ1n) is 6.86. The maximum atomic E-state index is 9.46. The lowest BCUT2D eigenvalue weighted by molar-refractivity contribution is 0.236. The molecule has 0 saturated carbocycles. The highest BCUT2D eigenvalue weighted by Gasteiger charge is 2.23. The summed E-state index contributed by atoms with van der Waals surface area (Å²) in [5.41, 5.74) is 1.25. The summed E-state index contributed by atoms with van der Waals surface area (Å²) in [6, 6.07) is 0. The summed E-state index contributed by atoms with van der Waals surface area (Å²) in [5.74, 6) is 1.28. The smallest absolute Gasteiger partial charge is 0.0984 e. The summed E-state index contributed by atoms with van der Waals surface area (Å²) in [5, 5.41) is 12.8. The van der Waals surface area contributed by atoms with Crippen molar-refractivity contribution in [3.8, 4) is 0 Å². The average Bonchev–Trinajstić information content (AvgIpc) is 2.80. The first kappa shape index (κ1) is 14.0. The highest BCUT2D eigenvalue weighted by molar-refractivity contribution is 7.09. The quantitative estimate of drug-likeness (QED) is 0.912. The van der Waals surface area contributed by atoms with Crippen molar-refractivity contribution < 1.29 is 5.11 Å². The van der Waals surface area contributed by atoms with Crippen molar-refractivity contribution in [3.05, 3.63) is 16.1 Å². The summed E-state index contributed by atoms with van der Waals surface area (Å²) in [6.45, 7) is 6.85. The molecule has 1 atom stereocenters. The van der Waals surface area contributed by atoms with Crippen molar-refractivity contribution in [2.75, 3.05) is 26.7 Å². The zero-order chi connectivity index (χ0) is 13.1. The number of piperidine rings is 1. The fraction of sp³-hybridized carbons (Fsp3) is 0.786. The molecule has 1 fully saturated rings. The molecule has 0 bridgehead atoms. The van der Waals surface area contributed by atoms with E-state index >= 15 is 0 Å². The maximum Gasteiger partial charge on any atom is 0.0984 e. The Morgan fingerprint density at radius 1 is 1.44 bits per heavy atom. The molecule has 3 nitrogen and oxygen atoms in total. The van der Waals surface area contributed by atoms with Crippen molar-refractivity contribution in [2.24, 2.45) is 5.92 Å². The van der Waals surface area contributed by atoms with Gasteiger partial charge >= 0.3 is 0 Å². The van der Waals surface area contributed by atoms with Gasteiger partial charge in [0.2, 0.25) is 0 Å². The Morgan fingerprint density at radius 2 is 2.11 bits per heavy atom. The normalized spacial score (nSPS) is 20.5. The molecule has 0 aromatic carbocycles. The minimum Gasteiger partial charge on any atom is -0.396 e. The zero-order valence-electron chi connectivity index (χ0n) is 11.6. The molecule has 1 unspecified atom stereocenters. The van der Waals surface area contributed by atoms with Crippen LogP contribution in [0, 0.1) is 5.92 Å². The van der Waals surface area contributed by atoms with Gasteiger partial charge in [-0.2, -0.15) is 0 Å². The first-order valence-corrected chi connectivity index (χ1v) is 7.74. The number of likely N-dealkylation sites (tertiary alicyclic amines) is 1. The van der Waals surface area contributed by atoms with Gasteiger partial charge in [-0.05, 0) is 38.9 Å². The van der Waals surface area contributed by atoms with Crippen LogP contribution >= 0.6 is 11.3 Å². The Kier molecular flexibility index (Phi) is 4.76. The van der Waals surface area contributed by atoms with Crippen LogP contribution < -0.4 is 0 Å². The lowest BCUT2D eigenvalue weighted by Gasteiger charge is -2.27. The van der Waals surface area contributed by atoms with E-state index in [4.69, 9.17) is 4.98 Å². The third-order valence-electron chi connectivity index (χ3n) is 4.00. The number of aliphatic hydroxyl groups excluding tert-OH is 1. The van der Waals surface area contributed by atoms with Crippen molar-refractivity contribution in [2.45, 2.75) is 38.5 Å². The van der Waals surface area contributed by atoms with Gasteiger partial charge in [0.25, 0.3) is 0 Å². The third kappa shape index (κ3) is 3.11. The second-order valence-electron chi connectivity index (χ2n) is 5.72. The lowest BCUT2D eigenvalue weighted by Crippen LogP contribution is -2.29. The topological polar surface area (TPSA) is 36.4 Å². The Hall–Kier alpha value is -0.450.